The molecule has 0 aliphatic carbocycles. The van der Waals surface area contributed by atoms with Crippen molar-refractivity contribution in [3.8, 4) is 23.3 Å². The summed E-state index contributed by atoms with van der Waals surface area (Å²) in [5.41, 5.74) is 5.81. The quantitative estimate of drug-likeness (QED) is 0.456. The summed E-state index contributed by atoms with van der Waals surface area (Å²) in [6.45, 7) is -0.578. The van der Waals surface area contributed by atoms with E-state index in [4.69, 9.17) is 10.5 Å². The van der Waals surface area contributed by atoms with Gasteiger partial charge in [0, 0.05) is 5.56 Å². The molecular weight excluding hydrogens is 396 g/mol. The molecule has 150 valence electrons. The molecule has 2 heterocycles. The lowest BCUT2D eigenvalue weighted by Crippen LogP contribution is -2.57. The summed E-state index contributed by atoms with van der Waals surface area (Å²) in [5.74, 6) is -0.0996. The lowest BCUT2D eigenvalue weighted by atomic mass is 9.97. The van der Waals surface area contributed by atoms with Gasteiger partial charge in [-0.15, -0.1) is 0 Å². The highest BCUT2D eigenvalue weighted by Crippen LogP contribution is 2.39. The number of aliphatic hydroxyl groups excluding tert-OH is 4. The number of aliphatic hydroxyl groups is 4. The second-order valence-corrected chi connectivity index (χ2v) is 7.42. The van der Waals surface area contributed by atoms with Crippen LogP contribution in [0, 0.1) is 22.7 Å². The summed E-state index contributed by atoms with van der Waals surface area (Å²) in [6, 6.07) is 12.7. The van der Waals surface area contributed by atoms with E-state index in [1.54, 1.807) is 30.3 Å². The van der Waals surface area contributed by atoms with Gasteiger partial charge in [-0.05, 0) is 5.56 Å². The number of rotatable bonds is 4. The summed E-state index contributed by atoms with van der Waals surface area (Å²) in [7, 11) is 0. The molecule has 0 amide bonds. The first kappa shape index (κ1) is 21.0. The largest absolute Gasteiger partial charge is 0.394 e. The van der Waals surface area contributed by atoms with Crippen LogP contribution in [0.1, 0.15) is 11.1 Å². The van der Waals surface area contributed by atoms with Crippen LogP contribution >= 0.6 is 11.8 Å². The van der Waals surface area contributed by atoms with Gasteiger partial charge in [0.2, 0.25) is 0 Å². The first-order valence-electron chi connectivity index (χ1n) is 8.59. The minimum absolute atomic E-state index is 0.0471. The van der Waals surface area contributed by atoms with E-state index >= 15 is 0 Å². The van der Waals surface area contributed by atoms with Crippen LogP contribution in [-0.2, 0) is 4.74 Å². The molecule has 0 radical (unpaired) electrons. The number of nitrogens with two attached hydrogens (primary N) is 1. The van der Waals surface area contributed by atoms with E-state index in [1.807, 2.05) is 12.1 Å². The van der Waals surface area contributed by atoms with E-state index < -0.39 is 36.5 Å². The van der Waals surface area contributed by atoms with E-state index in [0.29, 0.717) is 11.1 Å². The molecule has 6 N–H and O–H groups in total. The third-order valence-electron chi connectivity index (χ3n) is 4.55. The Balaban J connectivity index is 2.08. The predicted octanol–water partition coefficient (Wildman–Crippen LogP) is -0.0338. The zero-order valence-electron chi connectivity index (χ0n) is 15.0. The van der Waals surface area contributed by atoms with Crippen LogP contribution in [0.5, 0.6) is 0 Å². The molecular formula is C19H18N4O5S. The van der Waals surface area contributed by atoms with E-state index in [9.17, 15) is 30.9 Å². The standard InChI is InChI=1S/C19H18N4O5S/c20-6-10-13(9-4-2-1-3-5-9)11(7-21)18(23-17(10)22)29-19-16(27)15(26)14(25)12(8-24)28-19/h1-5,12,14-16,19,24-27H,8H2,(H2,22,23)/t12-,14-,15+,16-,19+/m1/s1. The summed E-state index contributed by atoms with van der Waals surface area (Å²) in [4.78, 5) is 4.12. The first-order chi connectivity index (χ1) is 13.9. The van der Waals surface area contributed by atoms with Crippen LogP contribution in [0.3, 0.4) is 0 Å². The van der Waals surface area contributed by atoms with Gasteiger partial charge in [0.15, 0.2) is 0 Å². The molecule has 0 unspecified atom stereocenters. The third-order valence-corrected chi connectivity index (χ3v) is 5.70. The van der Waals surface area contributed by atoms with Gasteiger partial charge < -0.3 is 30.9 Å². The van der Waals surface area contributed by atoms with Crippen LogP contribution in [0.2, 0.25) is 0 Å². The highest BCUT2D eigenvalue weighted by molar-refractivity contribution is 7.99. The minimum atomic E-state index is -1.56. The Morgan fingerprint density at radius 2 is 1.69 bits per heavy atom. The maximum Gasteiger partial charge on any atom is 0.143 e. The average molecular weight is 414 g/mol. The fourth-order valence-electron chi connectivity index (χ4n) is 3.05. The normalized spacial score (nSPS) is 26.5. The van der Waals surface area contributed by atoms with Crippen molar-refractivity contribution in [3.05, 3.63) is 41.5 Å². The number of aromatic nitrogens is 1. The van der Waals surface area contributed by atoms with E-state index in [1.165, 1.54) is 0 Å². The Labute approximate surface area is 170 Å². The number of pyridine rings is 1. The second kappa shape index (κ2) is 8.76. The molecule has 1 fully saturated rings. The van der Waals surface area contributed by atoms with Gasteiger partial charge in [0.1, 0.15) is 58.4 Å². The van der Waals surface area contributed by atoms with Crippen molar-refractivity contribution in [2.24, 2.45) is 0 Å². The van der Waals surface area contributed by atoms with Crippen molar-refractivity contribution in [2.75, 3.05) is 12.3 Å². The molecule has 3 rings (SSSR count). The van der Waals surface area contributed by atoms with Gasteiger partial charge in [-0.25, -0.2) is 4.98 Å². The summed E-state index contributed by atoms with van der Waals surface area (Å²) < 4.78 is 5.47. The Morgan fingerprint density at radius 3 is 2.28 bits per heavy atom. The Hall–Kier alpha value is -2.70. The van der Waals surface area contributed by atoms with Gasteiger partial charge in [0.25, 0.3) is 0 Å². The zero-order chi connectivity index (χ0) is 21.1. The number of ether oxygens (including phenoxy) is 1. The molecule has 5 atom stereocenters. The molecule has 0 bridgehead atoms. The van der Waals surface area contributed by atoms with Crippen molar-refractivity contribution in [1.82, 2.24) is 4.98 Å². The number of benzene rings is 1. The lowest BCUT2D eigenvalue weighted by molar-refractivity contribution is -0.205. The van der Waals surface area contributed by atoms with Crippen molar-refractivity contribution in [3.63, 3.8) is 0 Å². The van der Waals surface area contributed by atoms with Gasteiger partial charge in [-0.3, -0.25) is 0 Å². The molecule has 2 aromatic rings. The molecule has 29 heavy (non-hydrogen) atoms. The summed E-state index contributed by atoms with van der Waals surface area (Å²) in [5, 5.41) is 58.9. The maximum absolute atomic E-state index is 10.3. The number of nitriles is 2. The number of nitrogens with zero attached hydrogens (tertiary/aromatic N) is 3. The molecule has 0 saturated carbocycles. The highest BCUT2D eigenvalue weighted by atomic mass is 32.2. The summed E-state index contributed by atoms with van der Waals surface area (Å²) >= 11 is 0.813. The molecule has 10 heteroatoms. The molecule has 1 aromatic heterocycles. The van der Waals surface area contributed by atoms with Crippen LogP contribution in [0.15, 0.2) is 35.4 Å². The number of anilines is 1. The van der Waals surface area contributed by atoms with E-state index in [2.05, 4.69) is 4.98 Å². The maximum atomic E-state index is 10.3. The van der Waals surface area contributed by atoms with Crippen LogP contribution < -0.4 is 5.73 Å². The Kier molecular flexibility index (Phi) is 6.35. The molecule has 1 aliphatic heterocycles. The second-order valence-electron chi connectivity index (χ2n) is 6.33. The first-order valence-corrected chi connectivity index (χ1v) is 9.47. The average Bonchev–Trinajstić information content (AvgIpc) is 2.74. The van der Waals surface area contributed by atoms with Crippen LogP contribution in [0.4, 0.5) is 5.82 Å². The summed E-state index contributed by atoms with van der Waals surface area (Å²) in [6.07, 6.45) is -5.67. The number of thioether (sulfide) groups is 1. The SMILES string of the molecule is N#Cc1c(N)nc(S[C@@H]2O[C@H](CO)[C@@H](O)[C@H](O)[C@H]2O)c(C#N)c1-c1ccccc1. The van der Waals surface area contributed by atoms with E-state index in [-0.39, 0.29) is 22.0 Å². The van der Waals surface area contributed by atoms with E-state index in [0.717, 1.165) is 11.8 Å². The number of nitrogen functional groups attached to an aromatic ring is 1. The molecule has 0 spiro atoms. The topological polar surface area (TPSA) is 177 Å². The fraction of sp³-hybridized carbons (Fsp3) is 0.316. The van der Waals surface area contributed by atoms with Gasteiger partial charge in [-0.1, -0.05) is 42.1 Å². The van der Waals surface area contributed by atoms with Crippen LogP contribution in [-0.4, -0.2) is 61.9 Å². The van der Waals surface area contributed by atoms with Crippen molar-refractivity contribution < 1.29 is 25.2 Å². The number of hydrogen-bond acceptors (Lipinski definition) is 10. The van der Waals surface area contributed by atoms with Crippen LogP contribution in [0.25, 0.3) is 11.1 Å². The zero-order valence-corrected chi connectivity index (χ0v) is 15.8. The van der Waals surface area contributed by atoms with Gasteiger partial charge in [0.05, 0.1) is 12.2 Å². The minimum Gasteiger partial charge on any atom is -0.394 e. The predicted molar refractivity (Wildman–Crippen MR) is 103 cm³/mol. The number of hydrogen-bond donors (Lipinski definition) is 5. The monoisotopic (exact) mass is 414 g/mol. The molecule has 9 nitrogen and oxygen atoms in total. The smallest absolute Gasteiger partial charge is 0.143 e. The molecule has 1 aromatic carbocycles. The highest BCUT2D eigenvalue weighted by Gasteiger charge is 2.44. The third kappa shape index (κ3) is 3.91. The molecule has 1 aliphatic rings. The fourth-order valence-corrected chi connectivity index (χ4v) is 4.19. The lowest BCUT2D eigenvalue weighted by Gasteiger charge is -2.39. The molecule has 1 saturated heterocycles. The van der Waals surface area contributed by atoms with Crippen molar-refractivity contribution >= 4 is 17.6 Å². The Morgan fingerprint density at radius 1 is 1.03 bits per heavy atom. The van der Waals surface area contributed by atoms with Gasteiger partial charge in [-0.2, -0.15) is 10.5 Å². The van der Waals surface area contributed by atoms with Crippen molar-refractivity contribution in [2.45, 2.75) is 34.9 Å². The van der Waals surface area contributed by atoms with Gasteiger partial charge >= 0.3 is 0 Å². The van der Waals surface area contributed by atoms with Crippen molar-refractivity contribution in [1.29, 1.82) is 10.5 Å². The Bertz CT molecular complexity index is 973.